The average molecular weight is 529 g/mol. The molecule has 1 aromatic heterocycles. The molecule has 1 saturated heterocycles. The average Bonchev–Trinajstić information content (AvgIpc) is 3.17. The summed E-state index contributed by atoms with van der Waals surface area (Å²) in [6, 6.07) is 1.56. The Hall–Kier alpha value is -1.41. The summed E-state index contributed by atoms with van der Waals surface area (Å²) in [5.74, 6) is 0.375. The number of halogens is 1. The Morgan fingerprint density at radius 2 is 2.04 bits per heavy atom. The summed E-state index contributed by atoms with van der Waals surface area (Å²) in [7, 11) is -0.335. The van der Waals surface area contributed by atoms with Gasteiger partial charge in [0.2, 0.25) is 10.0 Å². The second kappa shape index (κ2) is 12.2. The molecule has 0 aliphatic carbocycles. The number of aliphatic imine (C=N–C) groups is 1. The van der Waals surface area contributed by atoms with Crippen molar-refractivity contribution in [3.8, 4) is 0 Å². The number of nitrogens with one attached hydrogen (secondary N) is 1. The van der Waals surface area contributed by atoms with Gasteiger partial charge in [-0.3, -0.25) is 9.79 Å². The van der Waals surface area contributed by atoms with E-state index in [2.05, 4.69) is 20.2 Å². The Morgan fingerprint density at radius 1 is 1.32 bits per heavy atom. The van der Waals surface area contributed by atoms with E-state index in [1.54, 1.807) is 13.1 Å². The van der Waals surface area contributed by atoms with Gasteiger partial charge in [0.1, 0.15) is 12.0 Å². The number of guanidine groups is 1. The Morgan fingerprint density at radius 3 is 2.61 bits per heavy atom. The highest BCUT2D eigenvalue weighted by atomic mass is 127. The van der Waals surface area contributed by atoms with Gasteiger partial charge in [-0.1, -0.05) is 5.16 Å². The van der Waals surface area contributed by atoms with Crippen LogP contribution in [0, 0.1) is 0 Å². The third kappa shape index (κ3) is 7.54. The van der Waals surface area contributed by atoms with E-state index in [1.807, 2.05) is 4.90 Å². The third-order valence-electron chi connectivity index (χ3n) is 4.28. The molecule has 0 amide bonds. The lowest BCUT2D eigenvalue weighted by molar-refractivity contribution is -0.140. The lowest BCUT2D eigenvalue weighted by Gasteiger charge is -2.35. The Balaban J connectivity index is 0.00000392. The third-order valence-corrected chi connectivity index (χ3v) is 6.10. The van der Waals surface area contributed by atoms with Gasteiger partial charge in [0.25, 0.3) is 0 Å². The zero-order valence-corrected chi connectivity index (χ0v) is 19.3. The molecule has 0 bridgehead atoms. The summed E-state index contributed by atoms with van der Waals surface area (Å²) in [5, 5.41) is 6.92. The molecule has 2 heterocycles. The quantitative estimate of drug-likeness (QED) is 0.172. The summed E-state index contributed by atoms with van der Waals surface area (Å²) in [6.07, 6.45) is 3.33. The molecule has 10 nitrogen and oxygen atoms in total. The SMILES string of the molecule is CN=C(NCCCCC(=O)OC)N1CCN(S(=O)(=O)Cc2ccon2)CC1.I. The van der Waals surface area contributed by atoms with E-state index in [9.17, 15) is 13.2 Å². The van der Waals surface area contributed by atoms with Crippen LogP contribution in [0.3, 0.4) is 0 Å². The van der Waals surface area contributed by atoms with Crippen molar-refractivity contribution in [3.63, 3.8) is 0 Å². The topological polar surface area (TPSA) is 117 Å². The number of hydrogen-bond acceptors (Lipinski definition) is 7. The summed E-state index contributed by atoms with van der Waals surface area (Å²) >= 11 is 0. The van der Waals surface area contributed by atoms with Crippen molar-refractivity contribution in [2.75, 3.05) is 46.9 Å². The first-order valence-corrected chi connectivity index (χ1v) is 10.5. The minimum atomic E-state index is -3.42. The molecule has 1 aliphatic heterocycles. The fourth-order valence-corrected chi connectivity index (χ4v) is 4.22. The molecule has 1 N–H and O–H groups in total. The lowest BCUT2D eigenvalue weighted by Crippen LogP contribution is -2.54. The van der Waals surface area contributed by atoms with Crippen molar-refractivity contribution >= 4 is 45.9 Å². The maximum absolute atomic E-state index is 12.5. The molecule has 0 atom stereocenters. The molecule has 0 radical (unpaired) electrons. The van der Waals surface area contributed by atoms with Gasteiger partial charge in [-0.05, 0) is 12.8 Å². The maximum Gasteiger partial charge on any atom is 0.305 e. The molecule has 28 heavy (non-hydrogen) atoms. The number of carbonyl (C=O) groups excluding carboxylic acids is 1. The highest BCUT2D eigenvalue weighted by Crippen LogP contribution is 2.12. The van der Waals surface area contributed by atoms with Crippen LogP contribution in [0.25, 0.3) is 0 Å². The molecule has 0 aromatic carbocycles. The van der Waals surface area contributed by atoms with Crippen LogP contribution >= 0.6 is 24.0 Å². The molecule has 0 spiro atoms. The number of unbranched alkanes of at least 4 members (excludes halogenated alkanes) is 1. The Bertz CT molecular complexity index is 718. The zero-order chi connectivity index (χ0) is 19.7. The van der Waals surface area contributed by atoms with Crippen LogP contribution in [0.2, 0.25) is 0 Å². The van der Waals surface area contributed by atoms with Gasteiger partial charge >= 0.3 is 5.97 Å². The minimum absolute atomic E-state index is 0. The standard InChI is InChI=1S/C16H27N5O5S.HI/c1-17-16(18-7-4-3-5-15(22)25-2)20-8-10-21(11-9-20)27(23,24)13-14-6-12-26-19-14;/h6,12H,3-5,7-11,13H2,1-2H3,(H,17,18);1H. The second-order valence-electron chi connectivity index (χ2n) is 6.14. The van der Waals surface area contributed by atoms with E-state index in [0.29, 0.717) is 44.8 Å². The van der Waals surface area contributed by atoms with Crippen molar-refractivity contribution in [1.29, 1.82) is 0 Å². The summed E-state index contributed by atoms with van der Waals surface area (Å²) in [4.78, 5) is 17.4. The highest BCUT2D eigenvalue weighted by molar-refractivity contribution is 14.0. The highest BCUT2D eigenvalue weighted by Gasteiger charge is 2.28. The van der Waals surface area contributed by atoms with Gasteiger partial charge in [-0.25, -0.2) is 8.42 Å². The molecule has 1 fully saturated rings. The normalized spacial score (nSPS) is 15.8. The van der Waals surface area contributed by atoms with E-state index < -0.39 is 10.0 Å². The number of sulfonamides is 1. The van der Waals surface area contributed by atoms with Crippen molar-refractivity contribution < 1.29 is 22.5 Å². The van der Waals surface area contributed by atoms with Crippen molar-refractivity contribution in [1.82, 2.24) is 19.7 Å². The molecule has 12 heteroatoms. The number of hydrogen-bond donors (Lipinski definition) is 1. The number of carbonyl (C=O) groups is 1. The van der Waals surface area contributed by atoms with Gasteiger partial charge < -0.3 is 19.5 Å². The van der Waals surface area contributed by atoms with Crippen LogP contribution in [0.15, 0.2) is 21.8 Å². The van der Waals surface area contributed by atoms with Gasteiger partial charge in [0.05, 0.1) is 12.8 Å². The number of nitrogens with zero attached hydrogens (tertiary/aromatic N) is 4. The molecular formula is C16H28IN5O5S. The zero-order valence-electron chi connectivity index (χ0n) is 16.2. The molecule has 0 unspecified atom stereocenters. The predicted octanol–water partition coefficient (Wildman–Crippen LogP) is 0.659. The van der Waals surface area contributed by atoms with Gasteiger partial charge in [-0.15, -0.1) is 24.0 Å². The fraction of sp³-hybridized carbons (Fsp3) is 0.688. The first kappa shape index (κ1) is 24.6. The second-order valence-corrected chi connectivity index (χ2v) is 8.11. The van der Waals surface area contributed by atoms with Crippen molar-refractivity contribution in [3.05, 3.63) is 18.0 Å². The van der Waals surface area contributed by atoms with Crippen LogP contribution in [0.4, 0.5) is 0 Å². The number of rotatable bonds is 8. The predicted molar refractivity (Wildman–Crippen MR) is 115 cm³/mol. The van der Waals surface area contributed by atoms with Gasteiger partial charge in [0.15, 0.2) is 5.96 Å². The first-order chi connectivity index (χ1) is 13.0. The molecular weight excluding hydrogens is 501 g/mol. The number of piperazine rings is 1. The van der Waals surface area contributed by atoms with Gasteiger partial charge in [-0.2, -0.15) is 4.31 Å². The molecule has 0 saturated carbocycles. The molecule has 1 aliphatic rings. The van der Waals surface area contributed by atoms with E-state index in [1.165, 1.54) is 17.7 Å². The summed E-state index contributed by atoms with van der Waals surface area (Å²) < 4.78 is 35.7. The number of ether oxygens (including phenoxy) is 1. The fourth-order valence-electron chi connectivity index (χ4n) is 2.80. The Labute approximate surface area is 182 Å². The molecule has 2 rings (SSSR count). The maximum atomic E-state index is 12.5. The van der Waals surface area contributed by atoms with Crippen molar-refractivity contribution in [2.45, 2.75) is 25.0 Å². The largest absolute Gasteiger partial charge is 0.469 e. The Kier molecular flexibility index (Phi) is 10.7. The number of methoxy groups -OCH3 is 1. The minimum Gasteiger partial charge on any atom is -0.469 e. The lowest BCUT2D eigenvalue weighted by atomic mass is 10.2. The molecule has 1 aromatic rings. The number of esters is 1. The monoisotopic (exact) mass is 529 g/mol. The van der Waals surface area contributed by atoms with Crippen LogP contribution in [-0.2, 0) is 25.3 Å². The summed E-state index contributed by atoms with van der Waals surface area (Å²) in [5.41, 5.74) is 0.405. The first-order valence-electron chi connectivity index (χ1n) is 8.85. The van der Waals surface area contributed by atoms with E-state index in [0.717, 1.165) is 18.8 Å². The van der Waals surface area contributed by atoms with Crippen LogP contribution in [0.1, 0.15) is 25.0 Å². The van der Waals surface area contributed by atoms with Crippen LogP contribution in [0.5, 0.6) is 0 Å². The smallest absolute Gasteiger partial charge is 0.305 e. The summed E-state index contributed by atoms with van der Waals surface area (Å²) in [6.45, 7) is 2.58. The van der Waals surface area contributed by atoms with Crippen LogP contribution < -0.4 is 5.32 Å². The van der Waals surface area contributed by atoms with Crippen LogP contribution in [-0.4, -0.2) is 81.6 Å². The van der Waals surface area contributed by atoms with E-state index in [-0.39, 0.29) is 35.7 Å². The van der Waals surface area contributed by atoms with Crippen molar-refractivity contribution in [2.24, 2.45) is 4.99 Å². The number of aromatic nitrogens is 1. The van der Waals surface area contributed by atoms with E-state index >= 15 is 0 Å². The molecule has 160 valence electrons. The van der Waals surface area contributed by atoms with E-state index in [4.69, 9.17) is 4.52 Å². The van der Waals surface area contributed by atoms with Gasteiger partial charge in [0, 0.05) is 52.3 Å².